The van der Waals surface area contributed by atoms with Gasteiger partial charge in [-0.2, -0.15) is 0 Å². The highest BCUT2D eigenvalue weighted by atomic mass is 127. The molecule has 2 heterocycles. The Morgan fingerprint density at radius 3 is 2.67 bits per heavy atom. The first-order valence-corrected chi connectivity index (χ1v) is 10.6. The Kier molecular flexibility index (Phi) is 9.06. The third-order valence-corrected chi connectivity index (χ3v) is 5.26. The molecule has 0 aliphatic carbocycles. The van der Waals surface area contributed by atoms with Gasteiger partial charge >= 0.3 is 6.09 Å². The zero-order chi connectivity index (χ0) is 20.9. The summed E-state index contributed by atoms with van der Waals surface area (Å²) in [5.74, 6) is 0.982. The highest BCUT2D eigenvalue weighted by Crippen LogP contribution is 2.18. The maximum atomic E-state index is 12.3. The fourth-order valence-corrected chi connectivity index (χ4v) is 3.71. The molecule has 7 nitrogen and oxygen atoms in total. The summed E-state index contributed by atoms with van der Waals surface area (Å²) in [7, 11) is 2.14. The molecule has 0 saturated carbocycles. The molecule has 0 spiro atoms. The van der Waals surface area contributed by atoms with Crippen LogP contribution in [-0.2, 0) is 4.74 Å². The molecule has 30 heavy (non-hydrogen) atoms. The number of hydrogen-bond acceptors (Lipinski definition) is 6. The standard InChI is InChI=1S/C22H35N5O2.HI/c1-22(2,3)29-21(28)26-14-15-27-19(17-26)16-24-20(27)23-12-8-9-13-25(4)18-10-6-5-7-11-18;/h5-7,10-11,19H,8-9,12-17H2,1-4H3,(H,23,24);1H. The van der Waals surface area contributed by atoms with Gasteiger partial charge in [0.15, 0.2) is 5.96 Å². The van der Waals surface area contributed by atoms with Crippen LogP contribution in [0, 0.1) is 0 Å². The third-order valence-electron chi connectivity index (χ3n) is 5.26. The van der Waals surface area contributed by atoms with Crippen molar-refractivity contribution >= 4 is 41.7 Å². The number of benzene rings is 1. The van der Waals surface area contributed by atoms with E-state index in [0.29, 0.717) is 13.1 Å². The summed E-state index contributed by atoms with van der Waals surface area (Å²) in [4.78, 5) is 23.4. The molecule has 2 aliphatic rings. The minimum absolute atomic E-state index is 0. The third kappa shape index (κ3) is 6.92. The number of ether oxygens (including phenoxy) is 1. The van der Waals surface area contributed by atoms with Crippen LogP contribution in [0.1, 0.15) is 33.6 Å². The molecule has 2 aliphatic heterocycles. The van der Waals surface area contributed by atoms with E-state index < -0.39 is 5.60 Å². The van der Waals surface area contributed by atoms with Crippen LogP contribution in [0.25, 0.3) is 0 Å². The Labute approximate surface area is 197 Å². The highest BCUT2D eigenvalue weighted by Gasteiger charge is 2.36. The van der Waals surface area contributed by atoms with Crippen LogP contribution in [0.3, 0.4) is 0 Å². The van der Waals surface area contributed by atoms with Crippen molar-refractivity contribution in [3.63, 3.8) is 0 Å². The number of anilines is 1. The van der Waals surface area contributed by atoms with E-state index in [-0.39, 0.29) is 36.1 Å². The van der Waals surface area contributed by atoms with E-state index in [0.717, 1.165) is 45.0 Å². The molecule has 1 amide bonds. The lowest BCUT2D eigenvalue weighted by Crippen LogP contribution is -2.57. The van der Waals surface area contributed by atoms with Gasteiger partial charge in [0.05, 0.1) is 12.6 Å². The Bertz CT molecular complexity index is 707. The fourth-order valence-electron chi connectivity index (χ4n) is 3.71. The number of halogens is 1. The van der Waals surface area contributed by atoms with Crippen LogP contribution < -0.4 is 10.2 Å². The summed E-state index contributed by atoms with van der Waals surface area (Å²) in [5, 5.41) is 3.50. The minimum atomic E-state index is -0.457. The first kappa shape index (κ1) is 24.6. The predicted octanol–water partition coefficient (Wildman–Crippen LogP) is 3.40. The first-order valence-electron chi connectivity index (χ1n) is 10.6. The van der Waals surface area contributed by atoms with Gasteiger partial charge in [-0.25, -0.2) is 4.79 Å². The zero-order valence-corrected chi connectivity index (χ0v) is 21.0. The van der Waals surface area contributed by atoms with Gasteiger partial charge in [-0.1, -0.05) is 18.2 Å². The molecule has 1 aromatic rings. The number of rotatable bonds is 6. The number of hydrogen-bond donors (Lipinski definition) is 1. The Morgan fingerprint density at radius 2 is 1.97 bits per heavy atom. The van der Waals surface area contributed by atoms with E-state index in [2.05, 4.69) is 51.4 Å². The Morgan fingerprint density at radius 1 is 1.23 bits per heavy atom. The molecule has 0 bridgehead atoms. The van der Waals surface area contributed by atoms with E-state index in [1.807, 2.05) is 31.7 Å². The predicted molar refractivity (Wildman–Crippen MR) is 133 cm³/mol. The summed E-state index contributed by atoms with van der Waals surface area (Å²) in [6, 6.07) is 10.7. The van der Waals surface area contributed by atoms with Gasteiger partial charge in [-0.3, -0.25) is 4.99 Å². The van der Waals surface area contributed by atoms with Crippen LogP contribution in [-0.4, -0.2) is 79.8 Å². The van der Waals surface area contributed by atoms with Crippen molar-refractivity contribution in [2.45, 2.75) is 45.3 Å². The van der Waals surface area contributed by atoms with Crippen molar-refractivity contribution in [3.8, 4) is 0 Å². The van der Waals surface area contributed by atoms with Crippen molar-refractivity contribution in [2.24, 2.45) is 4.99 Å². The molecule has 0 aromatic heterocycles. The van der Waals surface area contributed by atoms with Crippen LogP contribution in [0.5, 0.6) is 0 Å². The maximum absolute atomic E-state index is 12.3. The lowest BCUT2D eigenvalue weighted by atomic mass is 10.2. The molecule has 0 radical (unpaired) electrons. The quantitative estimate of drug-likeness (QED) is 0.453. The van der Waals surface area contributed by atoms with E-state index in [4.69, 9.17) is 4.74 Å². The monoisotopic (exact) mass is 529 g/mol. The summed E-state index contributed by atoms with van der Waals surface area (Å²) in [6.45, 7) is 10.5. The van der Waals surface area contributed by atoms with E-state index in [1.165, 1.54) is 5.69 Å². The second kappa shape index (κ2) is 11.1. The number of para-hydroxylation sites is 1. The average molecular weight is 529 g/mol. The Balaban J connectivity index is 0.00000320. The number of aliphatic imine (C=N–C) groups is 1. The van der Waals surface area contributed by atoms with E-state index in [9.17, 15) is 4.79 Å². The van der Waals surface area contributed by atoms with Gasteiger partial charge in [0, 0.05) is 45.5 Å². The SMILES string of the molecule is CN(CCCCNC1=NCC2CN(C(=O)OC(C)(C)C)CCN12)c1ccccc1.I. The van der Waals surface area contributed by atoms with Crippen molar-refractivity contribution in [2.75, 3.05) is 51.2 Å². The smallest absolute Gasteiger partial charge is 0.410 e. The Hall–Kier alpha value is -1.71. The van der Waals surface area contributed by atoms with Crippen LogP contribution in [0.15, 0.2) is 35.3 Å². The lowest BCUT2D eigenvalue weighted by Gasteiger charge is -2.39. The van der Waals surface area contributed by atoms with Gasteiger partial charge in [0.2, 0.25) is 0 Å². The number of nitrogens with zero attached hydrogens (tertiary/aromatic N) is 4. The number of amides is 1. The van der Waals surface area contributed by atoms with Crippen LogP contribution >= 0.6 is 24.0 Å². The van der Waals surface area contributed by atoms with Crippen molar-refractivity contribution < 1.29 is 9.53 Å². The molecule has 1 fully saturated rings. The molecular formula is C22H36IN5O2. The number of carbonyl (C=O) groups is 1. The van der Waals surface area contributed by atoms with Gasteiger partial charge in [-0.05, 0) is 45.7 Å². The second-order valence-electron chi connectivity index (χ2n) is 8.83. The number of nitrogens with one attached hydrogen (secondary N) is 1. The number of unbranched alkanes of at least 4 members (excludes halogenated alkanes) is 1. The average Bonchev–Trinajstić information content (AvgIpc) is 3.09. The highest BCUT2D eigenvalue weighted by molar-refractivity contribution is 14.0. The molecule has 8 heteroatoms. The van der Waals surface area contributed by atoms with Crippen molar-refractivity contribution in [3.05, 3.63) is 30.3 Å². The van der Waals surface area contributed by atoms with E-state index >= 15 is 0 Å². The number of carbonyl (C=O) groups excluding carboxylic acids is 1. The van der Waals surface area contributed by atoms with Crippen molar-refractivity contribution in [1.82, 2.24) is 15.1 Å². The van der Waals surface area contributed by atoms with Crippen molar-refractivity contribution in [1.29, 1.82) is 0 Å². The first-order chi connectivity index (χ1) is 13.8. The van der Waals surface area contributed by atoms with Crippen LogP contribution in [0.4, 0.5) is 10.5 Å². The summed E-state index contributed by atoms with van der Waals surface area (Å²) < 4.78 is 5.51. The topological polar surface area (TPSA) is 60.4 Å². The van der Waals surface area contributed by atoms with Gasteiger partial charge in [0.1, 0.15) is 5.60 Å². The second-order valence-corrected chi connectivity index (χ2v) is 8.83. The van der Waals surface area contributed by atoms with Gasteiger partial charge in [0.25, 0.3) is 0 Å². The molecule has 1 N–H and O–H groups in total. The molecule has 1 aromatic carbocycles. The molecule has 168 valence electrons. The number of guanidine groups is 1. The summed E-state index contributed by atoms with van der Waals surface area (Å²) in [6.07, 6.45) is 2.00. The number of fused-ring (bicyclic) bond motifs is 1. The summed E-state index contributed by atoms with van der Waals surface area (Å²) >= 11 is 0. The largest absolute Gasteiger partial charge is 0.444 e. The van der Waals surface area contributed by atoms with E-state index in [1.54, 1.807) is 0 Å². The molecular weight excluding hydrogens is 493 g/mol. The van der Waals surface area contributed by atoms with Gasteiger partial charge < -0.3 is 24.8 Å². The summed E-state index contributed by atoms with van der Waals surface area (Å²) in [5.41, 5.74) is 0.799. The molecule has 1 unspecified atom stereocenters. The normalized spacial score (nSPS) is 18.3. The van der Waals surface area contributed by atoms with Crippen LogP contribution in [0.2, 0.25) is 0 Å². The molecule has 3 rings (SSSR count). The number of piperazine rings is 1. The molecule has 1 saturated heterocycles. The van der Waals surface area contributed by atoms with Gasteiger partial charge in [-0.15, -0.1) is 24.0 Å². The maximum Gasteiger partial charge on any atom is 0.410 e. The zero-order valence-electron chi connectivity index (χ0n) is 18.6. The molecule has 1 atom stereocenters. The fraction of sp³-hybridized carbons (Fsp3) is 0.636. The minimum Gasteiger partial charge on any atom is -0.444 e. The lowest BCUT2D eigenvalue weighted by molar-refractivity contribution is 0.0137.